The van der Waals surface area contributed by atoms with Crippen LogP contribution in [0.5, 0.6) is 0 Å². The van der Waals surface area contributed by atoms with E-state index >= 15 is 0 Å². The summed E-state index contributed by atoms with van der Waals surface area (Å²) in [6.45, 7) is 6.09. The molecule has 3 nitrogen and oxygen atoms in total. The summed E-state index contributed by atoms with van der Waals surface area (Å²) in [5.41, 5.74) is 3.54. The van der Waals surface area contributed by atoms with Crippen molar-refractivity contribution in [2.75, 3.05) is 0 Å². The van der Waals surface area contributed by atoms with Crippen LogP contribution in [-0.2, 0) is 21.0 Å². The molecule has 0 bridgehead atoms. The van der Waals surface area contributed by atoms with Gasteiger partial charge in [0.25, 0.3) is 0 Å². The minimum atomic E-state index is -4.27. The van der Waals surface area contributed by atoms with Crippen LogP contribution >= 0.6 is 0 Å². The normalized spacial score (nSPS) is 11.0. The summed E-state index contributed by atoms with van der Waals surface area (Å²) in [5.74, 6) is 0. The highest BCUT2D eigenvalue weighted by atomic mass is 32.2. The van der Waals surface area contributed by atoms with Gasteiger partial charge in [-0.15, -0.1) is 0 Å². The zero-order valence-corrected chi connectivity index (χ0v) is 20.0. The molecular formula is C27H26O3S2. The Morgan fingerprint density at radius 2 is 0.875 bits per heavy atom. The van der Waals surface area contributed by atoms with Crippen LogP contribution in [0, 0.1) is 20.8 Å². The van der Waals surface area contributed by atoms with Gasteiger partial charge in [-0.2, -0.15) is 0 Å². The van der Waals surface area contributed by atoms with Gasteiger partial charge in [-0.1, -0.05) is 71.3 Å². The van der Waals surface area contributed by atoms with E-state index in [2.05, 4.69) is 92.7 Å². The standard InChI is InChI=1S/C20H19S.C7H8O3S/c1-16-8-12-19(13-9-16)21(18-6-4-3-5-7-18)20-14-10-17(2)11-15-20;1-6-2-4-7(5-3-6)11(8,9)10/h3-15H,1-2H3;2-5H,1H3,(H,8,9,10)/q+1;/p-1. The summed E-state index contributed by atoms with van der Waals surface area (Å²) in [6, 6.07) is 34.4. The Morgan fingerprint density at radius 1 is 0.531 bits per heavy atom. The largest absolute Gasteiger partial charge is 0.744 e. The molecule has 0 N–H and O–H groups in total. The van der Waals surface area contributed by atoms with Gasteiger partial charge in [-0.25, -0.2) is 8.42 Å². The molecule has 0 unspecified atom stereocenters. The summed E-state index contributed by atoms with van der Waals surface area (Å²) < 4.78 is 31.2. The number of benzene rings is 4. The molecule has 0 aliphatic carbocycles. The molecule has 0 atom stereocenters. The van der Waals surface area contributed by atoms with Gasteiger partial charge in [0.05, 0.1) is 15.8 Å². The van der Waals surface area contributed by atoms with Crippen molar-refractivity contribution in [1.29, 1.82) is 0 Å². The first-order chi connectivity index (χ1) is 15.2. The summed E-state index contributed by atoms with van der Waals surface area (Å²) in [7, 11) is -4.30. The third-order valence-corrected chi connectivity index (χ3v) is 7.88. The monoisotopic (exact) mass is 462 g/mol. The van der Waals surface area contributed by atoms with Crippen LogP contribution in [0.3, 0.4) is 0 Å². The maximum absolute atomic E-state index is 10.4. The second-order valence-electron chi connectivity index (χ2n) is 7.51. The van der Waals surface area contributed by atoms with Gasteiger partial charge in [0.2, 0.25) is 0 Å². The Balaban J connectivity index is 0.000000222. The van der Waals surface area contributed by atoms with E-state index in [1.54, 1.807) is 12.1 Å². The van der Waals surface area contributed by atoms with Crippen molar-refractivity contribution in [3.05, 3.63) is 120 Å². The zero-order valence-electron chi connectivity index (χ0n) is 18.4. The highest BCUT2D eigenvalue weighted by molar-refractivity contribution is 7.97. The SMILES string of the molecule is Cc1ccc(S(=O)(=O)[O-])cc1.Cc1ccc([S+](c2ccccc2)c2ccc(C)cc2)cc1. The third kappa shape index (κ3) is 6.57. The molecule has 4 aromatic carbocycles. The third-order valence-electron chi connectivity index (χ3n) is 4.80. The second kappa shape index (κ2) is 10.6. The van der Waals surface area contributed by atoms with E-state index in [1.165, 1.54) is 37.9 Å². The van der Waals surface area contributed by atoms with E-state index in [1.807, 2.05) is 6.92 Å². The van der Waals surface area contributed by atoms with Gasteiger partial charge in [0.1, 0.15) is 10.1 Å². The van der Waals surface area contributed by atoms with E-state index in [4.69, 9.17) is 0 Å². The van der Waals surface area contributed by atoms with Crippen LogP contribution < -0.4 is 0 Å². The maximum Gasteiger partial charge on any atom is 0.166 e. The van der Waals surface area contributed by atoms with Crippen LogP contribution in [0.15, 0.2) is 123 Å². The van der Waals surface area contributed by atoms with Gasteiger partial charge < -0.3 is 4.55 Å². The summed E-state index contributed by atoms with van der Waals surface area (Å²) in [5, 5.41) is 0. The summed E-state index contributed by atoms with van der Waals surface area (Å²) >= 11 is 0. The molecule has 0 saturated heterocycles. The Kier molecular flexibility index (Phi) is 7.91. The second-order valence-corrected chi connectivity index (χ2v) is 10.9. The molecule has 0 amide bonds. The van der Waals surface area contributed by atoms with E-state index in [9.17, 15) is 13.0 Å². The molecule has 4 aromatic rings. The first-order valence-electron chi connectivity index (χ1n) is 10.2. The minimum absolute atomic E-state index is 0.0312. The Morgan fingerprint density at radius 3 is 1.25 bits per heavy atom. The van der Waals surface area contributed by atoms with E-state index in [0.717, 1.165) is 5.56 Å². The predicted octanol–water partition coefficient (Wildman–Crippen LogP) is 6.30. The molecule has 4 rings (SSSR count). The van der Waals surface area contributed by atoms with Gasteiger partial charge in [0.15, 0.2) is 14.7 Å². The topological polar surface area (TPSA) is 57.2 Å². The molecule has 0 spiro atoms. The summed E-state index contributed by atoms with van der Waals surface area (Å²) in [6.07, 6.45) is 0. The fourth-order valence-corrected chi connectivity index (χ4v) is 5.55. The number of hydrogen-bond donors (Lipinski definition) is 0. The van der Waals surface area contributed by atoms with E-state index < -0.39 is 10.1 Å². The quantitative estimate of drug-likeness (QED) is 0.264. The number of rotatable bonds is 4. The smallest absolute Gasteiger partial charge is 0.166 e. The van der Waals surface area contributed by atoms with Crippen LogP contribution in [0.4, 0.5) is 0 Å². The van der Waals surface area contributed by atoms with Crippen molar-refractivity contribution >= 4 is 21.0 Å². The Bertz CT molecular complexity index is 1190. The number of aryl methyl sites for hydroxylation is 3. The van der Waals surface area contributed by atoms with Crippen molar-refractivity contribution in [2.45, 2.75) is 40.4 Å². The molecule has 0 heterocycles. The predicted molar refractivity (Wildman–Crippen MR) is 130 cm³/mol. The lowest BCUT2D eigenvalue weighted by molar-refractivity contribution is 0.463. The molecule has 0 fully saturated rings. The zero-order chi connectivity index (χ0) is 23.1. The van der Waals surface area contributed by atoms with Crippen LogP contribution in [0.25, 0.3) is 0 Å². The average molecular weight is 463 g/mol. The molecular weight excluding hydrogens is 436 g/mol. The van der Waals surface area contributed by atoms with Gasteiger partial charge >= 0.3 is 0 Å². The number of hydrogen-bond acceptors (Lipinski definition) is 3. The van der Waals surface area contributed by atoms with Crippen molar-refractivity contribution in [2.24, 2.45) is 0 Å². The first kappa shape index (κ1) is 23.8. The van der Waals surface area contributed by atoms with Gasteiger partial charge in [-0.3, -0.25) is 0 Å². The summed E-state index contributed by atoms with van der Waals surface area (Å²) in [4.78, 5) is 3.93. The highest BCUT2D eigenvalue weighted by Crippen LogP contribution is 2.31. The Labute approximate surface area is 193 Å². The molecule has 32 heavy (non-hydrogen) atoms. The van der Waals surface area contributed by atoms with Crippen molar-refractivity contribution in [1.82, 2.24) is 0 Å². The molecule has 164 valence electrons. The molecule has 0 radical (unpaired) electrons. The molecule has 5 heteroatoms. The first-order valence-corrected chi connectivity index (χ1v) is 12.8. The molecule has 0 aliphatic rings. The highest BCUT2D eigenvalue weighted by Gasteiger charge is 2.27. The van der Waals surface area contributed by atoms with Crippen LogP contribution in [0.1, 0.15) is 16.7 Å². The van der Waals surface area contributed by atoms with Crippen LogP contribution in [0.2, 0.25) is 0 Å². The van der Waals surface area contributed by atoms with E-state index in [0.29, 0.717) is 0 Å². The maximum atomic E-state index is 10.4. The van der Waals surface area contributed by atoms with Gasteiger partial charge in [0, 0.05) is 0 Å². The Hall–Kier alpha value is -2.86. The molecule has 0 saturated carbocycles. The minimum Gasteiger partial charge on any atom is -0.744 e. The lowest BCUT2D eigenvalue weighted by Gasteiger charge is -2.08. The fourth-order valence-electron chi connectivity index (χ4n) is 3.02. The van der Waals surface area contributed by atoms with Crippen molar-refractivity contribution in [3.8, 4) is 0 Å². The molecule has 0 aliphatic heterocycles. The lowest BCUT2D eigenvalue weighted by Crippen LogP contribution is -2.04. The van der Waals surface area contributed by atoms with E-state index in [-0.39, 0.29) is 15.8 Å². The van der Waals surface area contributed by atoms with Crippen molar-refractivity contribution < 1.29 is 13.0 Å². The lowest BCUT2D eigenvalue weighted by atomic mass is 10.2. The van der Waals surface area contributed by atoms with Crippen LogP contribution in [-0.4, -0.2) is 13.0 Å². The molecule has 0 aromatic heterocycles. The van der Waals surface area contributed by atoms with Gasteiger partial charge in [-0.05, 0) is 69.3 Å². The van der Waals surface area contributed by atoms with Crippen molar-refractivity contribution in [3.63, 3.8) is 0 Å². The average Bonchev–Trinajstić information content (AvgIpc) is 2.77. The fraction of sp³-hybridized carbons (Fsp3) is 0.111.